The fourth-order valence-electron chi connectivity index (χ4n) is 5.47. The van der Waals surface area contributed by atoms with Crippen molar-refractivity contribution in [3.63, 3.8) is 0 Å². The zero-order valence-corrected chi connectivity index (χ0v) is 23.5. The largest absolute Gasteiger partial charge is 0.508 e. The van der Waals surface area contributed by atoms with Crippen LogP contribution in [0.1, 0.15) is 46.9 Å². The van der Waals surface area contributed by atoms with Crippen molar-refractivity contribution in [1.29, 1.82) is 0 Å². The van der Waals surface area contributed by atoms with Crippen molar-refractivity contribution in [2.75, 3.05) is 26.2 Å². The fourth-order valence-corrected chi connectivity index (χ4v) is 5.47. The van der Waals surface area contributed by atoms with E-state index >= 15 is 0 Å². The summed E-state index contributed by atoms with van der Waals surface area (Å²) >= 11 is 0. The quantitative estimate of drug-likeness (QED) is 0.216. The average Bonchev–Trinajstić information content (AvgIpc) is 3.00. The molecule has 0 saturated carbocycles. The Hall–Kier alpha value is -4.77. The molecule has 230 valence electrons. The summed E-state index contributed by atoms with van der Waals surface area (Å²) in [6, 6.07) is 22.2. The molecule has 3 N–H and O–H groups in total. The van der Waals surface area contributed by atoms with Gasteiger partial charge in [-0.3, -0.25) is 4.90 Å². The molecule has 0 aliphatic carbocycles. The first kappa shape index (κ1) is 30.7. The van der Waals surface area contributed by atoms with E-state index in [0.717, 1.165) is 58.4 Å². The Morgan fingerprint density at radius 1 is 0.886 bits per heavy atom. The number of piperidine rings is 1. The highest BCUT2D eigenvalue weighted by Crippen LogP contribution is 2.48. The van der Waals surface area contributed by atoms with Crippen molar-refractivity contribution in [1.82, 2.24) is 4.90 Å². The maximum atomic E-state index is 11.6. The number of phenolic OH excluding ortho intramolecular Hbond substituents is 1. The lowest BCUT2D eigenvalue weighted by atomic mass is 9.85. The van der Waals surface area contributed by atoms with E-state index in [9.17, 15) is 28.2 Å². The summed E-state index contributed by atoms with van der Waals surface area (Å²) in [6.45, 7) is 3.91. The molecule has 0 aromatic heterocycles. The molecule has 0 amide bonds. The second kappa shape index (κ2) is 12.8. The number of benzene rings is 4. The van der Waals surface area contributed by atoms with Gasteiger partial charge in [0.1, 0.15) is 23.9 Å². The predicted octanol–water partition coefficient (Wildman–Crippen LogP) is 6.89. The predicted molar refractivity (Wildman–Crippen MR) is 156 cm³/mol. The highest BCUT2D eigenvalue weighted by atomic mass is 19.4. The summed E-state index contributed by atoms with van der Waals surface area (Å²) in [5.74, 6) is -2.07. The number of hydrogen-bond acceptors (Lipinski definition) is 6. The Balaban J connectivity index is 0.000000493. The van der Waals surface area contributed by atoms with Gasteiger partial charge in [0.05, 0.1) is 5.56 Å². The summed E-state index contributed by atoms with van der Waals surface area (Å²) in [7, 11) is 0. The molecule has 0 radical (unpaired) electrons. The number of hydrogen-bond donors (Lipinski definition) is 3. The highest BCUT2D eigenvalue weighted by Gasteiger charge is 2.38. The molecule has 2 aliphatic heterocycles. The SMILES string of the molecule is O=C(O)C(F)(F)F.O=C(O)c1ccc2c(c1)-c1ccc3cc(O)ccc3c1C(c1ccc(OCCN3CCCCC3)cc1)O2. The molecule has 2 aliphatic rings. The Morgan fingerprint density at radius 3 is 2.25 bits per heavy atom. The van der Waals surface area contributed by atoms with E-state index in [1.54, 1.807) is 30.3 Å². The molecule has 1 saturated heterocycles. The molecular weight excluding hydrogens is 579 g/mol. The summed E-state index contributed by atoms with van der Waals surface area (Å²) in [4.78, 5) is 23.0. The van der Waals surface area contributed by atoms with Gasteiger partial charge in [0, 0.05) is 17.7 Å². The number of nitrogens with zero attached hydrogens (tertiary/aromatic N) is 1. The molecule has 0 spiro atoms. The van der Waals surface area contributed by atoms with Crippen LogP contribution < -0.4 is 9.47 Å². The molecule has 4 aromatic carbocycles. The third-order valence-corrected chi connectivity index (χ3v) is 7.62. The number of carboxylic acid groups (broad SMARTS) is 2. The second-order valence-electron chi connectivity index (χ2n) is 10.6. The summed E-state index contributed by atoms with van der Waals surface area (Å²) < 4.78 is 44.3. The number of fused-ring (bicyclic) bond motifs is 5. The Morgan fingerprint density at radius 2 is 1.59 bits per heavy atom. The van der Waals surface area contributed by atoms with Crippen LogP contribution in [0, 0.1) is 0 Å². The Labute approximate surface area is 250 Å². The number of ether oxygens (including phenoxy) is 2. The van der Waals surface area contributed by atoms with Crippen molar-refractivity contribution in [3.8, 4) is 28.4 Å². The minimum Gasteiger partial charge on any atom is -0.508 e. The monoisotopic (exact) mass is 609 g/mol. The molecule has 6 rings (SSSR count). The van der Waals surface area contributed by atoms with Gasteiger partial charge in [-0.25, -0.2) is 9.59 Å². The Bertz CT molecular complexity index is 1670. The summed E-state index contributed by atoms with van der Waals surface area (Å²) in [5.41, 5.74) is 3.81. The summed E-state index contributed by atoms with van der Waals surface area (Å²) in [6.07, 6.45) is -1.61. The zero-order chi connectivity index (χ0) is 31.4. The van der Waals surface area contributed by atoms with Gasteiger partial charge >= 0.3 is 18.1 Å². The number of aliphatic carboxylic acids is 1. The van der Waals surface area contributed by atoms with Gasteiger partial charge in [-0.05, 0) is 90.3 Å². The van der Waals surface area contributed by atoms with Crippen LogP contribution in [0.2, 0.25) is 0 Å². The van der Waals surface area contributed by atoms with E-state index in [1.807, 2.05) is 42.5 Å². The number of likely N-dealkylation sites (tertiary alicyclic amines) is 1. The Kier molecular flexibility index (Phi) is 8.96. The molecule has 1 unspecified atom stereocenters. The van der Waals surface area contributed by atoms with Gasteiger partial charge in [-0.2, -0.15) is 13.2 Å². The maximum Gasteiger partial charge on any atom is 0.490 e. The molecule has 4 aromatic rings. The van der Waals surface area contributed by atoms with Crippen molar-refractivity contribution in [2.24, 2.45) is 0 Å². The van der Waals surface area contributed by atoms with Crippen LogP contribution in [-0.4, -0.2) is 64.6 Å². The van der Waals surface area contributed by atoms with Gasteiger partial charge in [0.25, 0.3) is 0 Å². The normalized spacial score (nSPS) is 16.1. The highest BCUT2D eigenvalue weighted by molar-refractivity contribution is 5.97. The number of carboxylic acids is 2. The number of rotatable bonds is 6. The van der Waals surface area contributed by atoms with Crippen molar-refractivity contribution < 1.29 is 47.6 Å². The van der Waals surface area contributed by atoms with E-state index < -0.39 is 24.2 Å². The molecular formula is C33H30F3NO7. The third kappa shape index (κ3) is 6.89. The molecule has 1 atom stereocenters. The van der Waals surface area contributed by atoms with Crippen LogP contribution in [0.4, 0.5) is 13.2 Å². The minimum atomic E-state index is -5.08. The molecule has 0 bridgehead atoms. The first-order chi connectivity index (χ1) is 21.0. The average molecular weight is 610 g/mol. The van der Waals surface area contributed by atoms with E-state index in [4.69, 9.17) is 19.4 Å². The zero-order valence-electron chi connectivity index (χ0n) is 23.5. The van der Waals surface area contributed by atoms with Crippen LogP contribution in [0.3, 0.4) is 0 Å². The van der Waals surface area contributed by atoms with E-state index in [-0.39, 0.29) is 11.3 Å². The van der Waals surface area contributed by atoms with Crippen LogP contribution in [-0.2, 0) is 4.79 Å². The van der Waals surface area contributed by atoms with Gasteiger partial charge in [0.15, 0.2) is 6.10 Å². The van der Waals surface area contributed by atoms with E-state index in [2.05, 4.69) is 4.90 Å². The molecule has 44 heavy (non-hydrogen) atoms. The van der Waals surface area contributed by atoms with Crippen molar-refractivity contribution in [2.45, 2.75) is 31.5 Å². The number of carbonyl (C=O) groups is 2. The number of aromatic carboxylic acids is 1. The topological polar surface area (TPSA) is 117 Å². The lowest BCUT2D eigenvalue weighted by Crippen LogP contribution is -2.33. The first-order valence-electron chi connectivity index (χ1n) is 14.1. The third-order valence-electron chi connectivity index (χ3n) is 7.62. The maximum absolute atomic E-state index is 11.6. The smallest absolute Gasteiger partial charge is 0.490 e. The number of phenols is 1. The van der Waals surface area contributed by atoms with E-state index in [1.165, 1.54) is 19.3 Å². The minimum absolute atomic E-state index is 0.195. The lowest BCUT2D eigenvalue weighted by molar-refractivity contribution is -0.192. The molecule has 2 heterocycles. The summed E-state index contributed by atoms with van der Waals surface area (Å²) in [5, 5.41) is 28.6. The standard InChI is InChI=1S/C31H29NO5.C2HF3O2/c33-23-8-12-25-21(18-23)6-11-26-27-19-22(31(34)35)7-13-28(27)37-30(29(25)26)20-4-9-24(10-5-20)36-17-16-32-14-2-1-3-15-32;3-2(4,5)1(6)7/h4-13,18-19,30,33H,1-3,14-17H2,(H,34,35);(H,6,7). The number of halogens is 3. The van der Waals surface area contributed by atoms with Crippen LogP contribution >= 0.6 is 0 Å². The van der Waals surface area contributed by atoms with E-state index in [0.29, 0.717) is 12.4 Å². The van der Waals surface area contributed by atoms with Crippen molar-refractivity contribution in [3.05, 3.63) is 89.5 Å². The number of alkyl halides is 3. The second-order valence-corrected chi connectivity index (χ2v) is 10.6. The van der Waals surface area contributed by atoms with Crippen LogP contribution in [0.25, 0.3) is 21.9 Å². The lowest BCUT2D eigenvalue weighted by Gasteiger charge is -2.31. The van der Waals surface area contributed by atoms with Gasteiger partial charge in [-0.15, -0.1) is 0 Å². The van der Waals surface area contributed by atoms with Crippen molar-refractivity contribution >= 4 is 22.7 Å². The fraction of sp³-hybridized carbons (Fsp3) is 0.273. The molecule has 8 nitrogen and oxygen atoms in total. The van der Waals surface area contributed by atoms with Crippen LogP contribution in [0.15, 0.2) is 72.8 Å². The molecule has 11 heteroatoms. The van der Waals surface area contributed by atoms with Gasteiger partial charge in [-0.1, -0.05) is 36.8 Å². The van der Waals surface area contributed by atoms with Gasteiger partial charge in [0.2, 0.25) is 0 Å². The number of aromatic hydroxyl groups is 1. The molecule has 1 fully saturated rings. The van der Waals surface area contributed by atoms with Gasteiger partial charge < -0.3 is 24.8 Å². The first-order valence-corrected chi connectivity index (χ1v) is 14.1. The van der Waals surface area contributed by atoms with Crippen LogP contribution in [0.5, 0.6) is 17.2 Å².